The number of benzene rings is 5. The number of nitrogens with zero attached hydrogens (tertiary/aromatic N) is 4. The molecule has 0 spiro atoms. The van der Waals surface area contributed by atoms with Crippen molar-refractivity contribution >= 4 is 45.9 Å². The minimum Gasteiger partial charge on any atom is -0.657 e. The third-order valence-electron chi connectivity index (χ3n) is 10.4. The summed E-state index contributed by atoms with van der Waals surface area (Å²) < 4.78 is 5.57. The van der Waals surface area contributed by atoms with Gasteiger partial charge in [0.2, 0.25) is 0 Å². The summed E-state index contributed by atoms with van der Waals surface area (Å²) in [6, 6.07) is 58.3. The summed E-state index contributed by atoms with van der Waals surface area (Å²) in [5.41, 5.74) is 16.6. The molecule has 57 heavy (non-hydrogen) atoms. The van der Waals surface area contributed by atoms with Gasteiger partial charge in [-0.15, -0.1) is 22.1 Å². The largest absolute Gasteiger partial charge is 2.00 e. The molecular weight excluding hydrogens is 748 g/mol. The molecule has 6 heteroatoms. The first-order valence-corrected chi connectivity index (χ1v) is 18.7. The van der Waals surface area contributed by atoms with Crippen LogP contribution >= 0.6 is 0 Å². The Morgan fingerprint density at radius 1 is 0.386 bits per heavy atom. The standard InChI is InChI=1S/C51H34N4O.Cu/c1-56-38-24-22-33(23-25-38)39-32-46-49(36-18-10-4-11-19-36)44-29-28-42(53-44)47(34-14-6-2-7-15-34)40-26-27-41(52-40)48(35-16-8-3-9-17-35)43-30-31-45(54-43)50(51(39)55-46)37-20-12-5-13-21-37;/h2-32H,1H3;/q-2;+2. The molecule has 5 nitrogen and oxygen atoms in total. The summed E-state index contributed by atoms with van der Waals surface area (Å²) in [6.07, 6.45) is 6.41. The molecule has 10 rings (SSSR count). The fourth-order valence-corrected chi connectivity index (χ4v) is 7.76. The van der Waals surface area contributed by atoms with Crippen molar-refractivity contribution in [2.45, 2.75) is 0 Å². The maximum atomic E-state index is 5.60. The quantitative estimate of drug-likeness (QED) is 0.157. The van der Waals surface area contributed by atoms with E-state index in [4.69, 9.17) is 24.7 Å². The van der Waals surface area contributed by atoms with Crippen molar-refractivity contribution < 1.29 is 21.8 Å². The van der Waals surface area contributed by atoms with Gasteiger partial charge in [0.05, 0.1) is 29.9 Å². The zero-order valence-corrected chi connectivity index (χ0v) is 31.8. The topological polar surface area (TPSA) is 63.2 Å². The molecule has 3 aromatic heterocycles. The Kier molecular flexibility index (Phi) is 9.57. The first-order valence-electron chi connectivity index (χ1n) is 18.7. The third kappa shape index (κ3) is 6.61. The molecule has 0 N–H and O–H groups in total. The van der Waals surface area contributed by atoms with Crippen LogP contribution in [-0.2, 0) is 17.1 Å². The number of methoxy groups -OCH3 is 1. The first-order chi connectivity index (χ1) is 27.7. The van der Waals surface area contributed by atoms with Crippen molar-refractivity contribution in [1.82, 2.24) is 19.9 Å². The van der Waals surface area contributed by atoms with Gasteiger partial charge in [-0.25, -0.2) is 9.97 Å². The minimum absolute atomic E-state index is 0. The molecule has 5 aromatic carbocycles. The molecule has 0 amide bonds. The second-order valence-corrected chi connectivity index (χ2v) is 13.7. The SMILES string of the molecule is COc1ccc(C2=Cc3nc2c(-c2ccccc2)c2ccc([n-]2)c(-c2ccccc2)c2nc(c(-c4ccccc4)c4ccc([n-]4)c3-c3ccccc3)C=C2)cc1.[Cu+2]. The van der Waals surface area contributed by atoms with E-state index in [1.54, 1.807) is 7.11 Å². The predicted octanol–water partition coefficient (Wildman–Crippen LogP) is 12.0. The van der Waals surface area contributed by atoms with Crippen LogP contribution in [0.3, 0.4) is 0 Å². The van der Waals surface area contributed by atoms with Crippen LogP contribution in [0.2, 0.25) is 0 Å². The fraction of sp³-hybridized carbons (Fsp3) is 0.0196. The summed E-state index contributed by atoms with van der Waals surface area (Å²) in [4.78, 5) is 21.8. The maximum absolute atomic E-state index is 5.60. The van der Waals surface area contributed by atoms with Crippen LogP contribution < -0.4 is 14.7 Å². The minimum atomic E-state index is 0. The van der Waals surface area contributed by atoms with E-state index in [1.807, 2.05) is 36.4 Å². The molecular formula is C51H34CuN4O. The van der Waals surface area contributed by atoms with Crippen LogP contribution in [0.15, 0.2) is 170 Å². The molecule has 0 unspecified atom stereocenters. The number of aromatic nitrogens is 4. The number of hydrogen-bond donors (Lipinski definition) is 0. The predicted molar refractivity (Wildman–Crippen MR) is 230 cm³/mol. The Balaban J connectivity index is 0.00000422. The van der Waals surface area contributed by atoms with E-state index < -0.39 is 0 Å². The maximum Gasteiger partial charge on any atom is 2.00 e. The van der Waals surface area contributed by atoms with E-state index in [1.165, 1.54) is 0 Å². The first kappa shape index (κ1) is 35.7. The summed E-state index contributed by atoms with van der Waals surface area (Å²) in [7, 11) is 1.69. The van der Waals surface area contributed by atoms with Crippen LogP contribution in [0.4, 0.5) is 0 Å². The van der Waals surface area contributed by atoms with Crippen LogP contribution in [0.5, 0.6) is 5.75 Å². The monoisotopic (exact) mass is 781 g/mol. The van der Waals surface area contributed by atoms with Gasteiger partial charge in [0, 0.05) is 5.57 Å². The van der Waals surface area contributed by atoms with Crippen LogP contribution in [0.1, 0.15) is 28.3 Å². The van der Waals surface area contributed by atoms with Gasteiger partial charge in [-0.05, 0) is 80.4 Å². The van der Waals surface area contributed by atoms with Crippen LogP contribution in [0, 0.1) is 0 Å². The van der Waals surface area contributed by atoms with Gasteiger partial charge in [-0.2, -0.15) is 0 Å². The summed E-state index contributed by atoms with van der Waals surface area (Å²) >= 11 is 0. The summed E-state index contributed by atoms with van der Waals surface area (Å²) in [6.45, 7) is 0. The van der Waals surface area contributed by atoms with Crippen LogP contribution in [-0.4, -0.2) is 17.1 Å². The molecule has 2 aliphatic heterocycles. The van der Waals surface area contributed by atoms with Crippen molar-refractivity contribution in [2.75, 3.05) is 7.11 Å². The number of ether oxygens (including phenoxy) is 1. The summed E-state index contributed by atoms with van der Waals surface area (Å²) in [5, 5.41) is 0. The van der Waals surface area contributed by atoms with Crippen molar-refractivity contribution in [2.24, 2.45) is 0 Å². The number of hydrogen-bond acceptors (Lipinski definition) is 3. The van der Waals surface area contributed by atoms with Crippen molar-refractivity contribution in [3.63, 3.8) is 0 Å². The van der Waals surface area contributed by atoms with Gasteiger partial charge < -0.3 is 14.7 Å². The average molecular weight is 782 g/mol. The molecule has 5 heterocycles. The molecule has 0 saturated heterocycles. The third-order valence-corrected chi connectivity index (χ3v) is 10.4. The molecule has 0 saturated carbocycles. The van der Waals surface area contributed by atoms with E-state index in [0.717, 1.165) is 106 Å². The van der Waals surface area contributed by atoms with Crippen LogP contribution in [0.25, 0.3) is 90.4 Å². The Hall–Kier alpha value is -6.98. The second-order valence-electron chi connectivity index (χ2n) is 13.7. The number of rotatable bonds is 6. The zero-order chi connectivity index (χ0) is 37.4. The normalized spacial score (nSPS) is 11.8. The van der Waals surface area contributed by atoms with Gasteiger partial charge >= 0.3 is 17.1 Å². The Morgan fingerprint density at radius 2 is 0.772 bits per heavy atom. The van der Waals surface area contributed by atoms with E-state index >= 15 is 0 Å². The second kappa shape index (κ2) is 15.3. The molecule has 8 aromatic rings. The van der Waals surface area contributed by atoms with Crippen molar-refractivity contribution in [3.8, 4) is 50.3 Å². The molecule has 2 aliphatic rings. The Morgan fingerprint density at radius 3 is 1.19 bits per heavy atom. The van der Waals surface area contributed by atoms with Crippen molar-refractivity contribution in [3.05, 3.63) is 198 Å². The molecule has 1 radical (unpaired) electrons. The summed E-state index contributed by atoms with van der Waals surface area (Å²) in [5.74, 6) is 0.791. The molecule has 275 valence electrons. The van der Waals surface area contributed by atoms with Gasteiger partial charge in [0.25, 0.3) is 0 Å². The van der Waals surface area contributed by atoms with Crippen molar-refractivity contribution in [1.29, 1.82) is 0 Å². The Bertz CT molecular complexity index is 2970. The smallest absolute Gasteiger partial charge is 0.657 e. The fourth-order valence-electron chi connectivity index (χ4n) is 7.76. The zero-order valence-electron chi connectivity index (χ0n) is 30.9. The number of fused-ring (bicyclic) bond motifs is 8. The van der Waals surface area contributed by atoms with E-state index in [2.05, 4.69) is 152 Å². The molecule has 8 bridgehead atoms. The average Bonchev–Trinajstić information content (AvgIpc) is 4.10. The van der Waals surface area contributed by atoms with E-state index in [0.29, 0.717) is 0 Å². The van der Waals surface area contributed by atoms with Gasteiger partial charge in [-0.3, -0.25) is 0 Å². The molecule has 0 aliphatic carbocycles. The molecule has 0 atom stereocenters. The van der Waals surface area contributed by atoms with E-state index in [-0.39, 0.29) is 17.1 Å². The Labute approximate surface area is 341 Å². The molecule has 0 fully saturated rings. The van der Waals surface area contributed by atoms with Gasteiger partial charge in [0.15, 0.2) is 0 Å². The van der Waals surface area contributed by atoms with Gasteiger partial charge in [-0.1, -0.05) is 158 Å². The van der Waals surface area contributed by atoms with Gasteiger partial charge in [0.1, 0.15) is 5.75 Å². The van der Waals surface area contributed by atoms with E-state index in [9.17, 15) is 0 Å².